The van der Waals surface area contributed by atoms with Crippen molar-refractivity contribution in [2.24, 2.45) is 0 Å². The first-order chi connectivity index (χ1) is 24.8. The van der Waals surface area contributed by atoms with E-state index >= 15 is 0 Å². The molecule has 0 fully saturated rings. The van der Waals surface area contributed by atoms with Crippen LogP contribution in [0.15, 0.2) is 192 Å². The molecule has 0 aliphatic carbocycles. The molecule has 0 spiro atoms. The third kappa shape index (κ3) is 4.65. The highest BCUT2D eigenvalue weighted by atomic mass is 16.3. The van der Waals surface area contributed by atoms with E-state index in [9.17, 15) is 0 Å². The summed E-state index contributed by atoms with van der Waals surface area (Å²) >= 11 is 0. The van der Waals surface area contributed by atoms with Gasteiger partial charge in [0.15, 0.2) is 0 Å². The molecule has 10 rings (SSSR count). The summed E-state index contributed by atoms with van der Waals surface area (Å²) in [6, 6.07) is 67.5. The highest BCUT2D eigenvalue weighted by Gasteiger charge is 2.18. The second kappa shape index (κ2) is 11.5. The zero-order chi connectivity index (χ0) is 33.0. The van der Waals surface area contributed by atoms with E-state index in [0.717, 1.165) is 39.0 Å². The lowest BCUT2D eigenvalue weighted by molar-refractivity contribution is 0.669. The van der Waals surface area contributed by atoms with Gasteiger partial charge in [-0.15, -0.1) is 0 Å². The maximum Gasteiger partial charge on any atom is 0.137 e. The van der Waals surface area contributed by atoms with E-state index in [0.29, 0.717) is 0 Å². The van der Waals surface area contributed by atoms with Gasteiger partial charge in [-0.1, -0.05) is 133 Å². The molecular formula is C48H31NO. The molecule has 1 heterocycles. The Kier molecular flexibility index (Phi) is 6.53. The van der Waals surface area contributed by atoms with Gasteiger partial charge in [0.25, 0.3) is 0 Å². The standard InChI is InChI=1S/C48H31NO/c1-2-11-32(12-3-1)35-15-10-16-38(29-35)49(39-26-28-43-42-19-8-9-20-46(42)50-47(43)31-39)37-24-21-34(22-25-37)45-30-36-14-5-6-17-40(36)44-27-23-33-13-4-7-18-41(33)48(44)45/h1-31H. The quantitative estimate of drug-likeness (QED) is 0.175. The van der Waals surface area contributed by atoms with E-state index in [4.69, 9.17) is 4.42 Å². The SMILES string of the molecule is c1ccc(-c2cccc(N(c3ccc(-c4cc5ccccc5c5ccc6ccccc6c45)cc3)c3ccc4c(c3)oc3ccccc34)c2)cc1. The summed E-state index contributed by atoms with van der Waals surface area (Å²) < 4.78 is 6.37. The summed E-state index contributed by atoms with van der Waals surface area (Å²) in [6.07, 6.45) is 0. The lowest BCUT2D eigenvalue weighted by Gasteiger charge is -2.26. The maximum absolute atomic E-state index is 6.37. The van der Waals surface area contributed by atoms with Crippen molar-refractivity contribution in [2.45, 2.75) is 0 Å². The van der Waals surface area contributed by atoms with Crippen LogP contribution in [0.1, 0.15) is 0 Å². The summed E-state index contributed by atoms with van der Waals surface area (Å²) in [5, 5.41) is 9.86. The van der Waals surface area contributed by atoms with Gasteiger partial charge in [0, 0.05) is 33.9 Å². The highest BCUT2D eigenvalue weighted by molar-refractivity contribution is 6.23. The highest BCUT2D eigenvalue weighted by Crippen LogP contribution is 2.43. The molecule has 0 amide bonds. The van der Waals surface area contributed by atoms with Crippen molar-refractivity contribution >= 4 is 71.3 Å². The number of hydrogen-bond donors (Lipinski definition) is 0. The molecule has 1 aromatic heterocycles. The largest absolute Gasteiger partial charge is 0.456 e. The maximum atomic E-state index is 6.37. The van der Waals surface area contributed by atoms with Crippen molar-refractivity contribution in [3.8, 4) is 22.3 Å². The van der Waals surface area contributed by atoms with Crippen LogP contribution in [0.3, 0.4) is 0 Å². The molecule has 0 aliphatic rings. The van der Waals surface area contributed by atoms with Crippen molar-refractivity contribution in [2.75, 3.05) is 4.90 Å². The minimum atomic E-state index is 0.874. The normalized spacial score (nSPS) is 11.6. The molecular weight excluding hydrogens is 607 g/mol. The molecule has 0 aliphatic heterocycles. The third-order valence-electron chi connectivity index (χ3n) is 10.0. The van der Waals surface area contributed by atoms with Gasteiger partial charge >= 0.3 is 0 Å². The van der Waals surface area contributed by atoms with Crippen LogP contribution in [-0.4, -0.2) is 0 Å². The molecule has 10 aromatic rings. The number of hydrogen-bond acceptors (Lipinski definition) is 2. The Labute approximate surface area is 290 Å². The van der Waals surface area contributed by atoms with Crippen molar-refractivity contribution in [1.29, 1.82) is 0 Å². The Balaban J connectivity index is 1.16. The molecule has 2 nitrogen and oxygen atoms in total. The van der Waals surface area contributed by atoms with Crippen LogP contribution in [-0.2, 0) is 0 Å². The van der Waals surface area contributed by atoms with Crippen molar-refractivity contribution in [1.82, 2.24) is 0 Å². The monoisotopic (exact) mass is 637 g/mol. The molecule has 0 saturated carbocycles. The number of para-hydroxylation sites is 1. The Morgan fingerprint density at radius 2 is 0.960 bits per heavy atom. The van der Waals surface area contributed by atoms with Crippen LogP contribution in [0.4, 0.5) is 17.1 Å². The molecule has 0 atom stereocenters. The topological polar surface area (TPSA) is 16.4 Å². The molecule has 0 saturated heterocycles. The van der Waals surface area contributed by atoms with Crippen molar-refractivity contribution in [3.05, 3.63) is 188 Å². The summed E-state index contributed by atoms with van der Waals surface area (Å²) in [7, 11) is 0. The van der Waals surface area contributed by atoms with E-state index < -0.39 is 0 Å². The van der Waals surface area contributed by atoms with E-state index in [-0.39, 0.29) is 0 Å². The van der Waals surface area contributed by atoms with Crippen LogP contribution < -0.4 is 4.90 Å². The molecule has 0 N–H and O–H groups in total. The van der Waals surface area contributed by atoms with Crippen LogP contribution in [0, 0.1) is 0 Å². The zero-order valence-corrected chi connectivity index (χ0v) is 27.3. The Morgan fingerprint density at radius 1 is 0.320 bits per heavy atom. The molecule has 0 unspecified atom stereocenters. The fourth-order valence-corrected chi connectivity index (χ4v) is 7.66. The fraction of sp³-hybridized carbons (Fsp3) is 0. The number of fused-ring (bicyclic) bond motifs is 8. The van der Waals surface area contributed by atoms with Gasteiger partial charge in [0.05, 0.1) is 0 Å². The molecule has 9 aromatic carbocycles. The molecule has 0 radical (unpaired) electrons. The smallest absolute Gasteiger partial charge is 0.137 e. The van der Waals surface area contributed by atoms with Gasteiger partial charge in [-0.25, -0.2) is 0 Å². The number of benzene rings is 9. The number of nitrogens with zero attached hydrogens (tertiary/aromatic N) is 1. The van der Waals surface area contributed by atoms with Crippen LogP contribution in [0.2, 0.25) is 0 Å². The van der Waals surface area contributed by atoms with Crippen LogP contribution in [0.25, 0.3) is 76.5 Å². The average Bonchev–Trinajstić information content (AvgIpc) is 3.56. The number of furan rings is 1. The first-order valence-electron chi connectivity index (χ1n) is 17.1. The summed E-state index contributed by atoms with van der Waals surface area (Å²) in [5.41, 5.74) is 9.75. The third-order valence-corrected chi connectivity index (χ3v) is 10.0. The fourth-order valence-electron chi connectivity index (χ4n) is 7.66. The minimum Gasteiger partial charge on any atom is -0.456 e. The van der Waals surface area contributed by atoms with E-state index in [1.54, 1.807) is 0 Å². The van der Waals surface area contributed by atoms with Crippen molar-refractivity contribution in [3.63, 3.8) is 0 Å². The van der Waals surface area contributed by atoms with Crippen LogP contribution in [0.5, 0.6) is 0 Å². The minimum absolute atomic E-state index is 0.874. The van der Waals surface area contributed by atoms with Gasteiger partial charge < -0.3 is 9.32 Å². The van der Waals surface area contributed by atoms with Gasteiger partial charge in [-0.2, -0.15) is 0 Å². The average molecular weight is 638 g/mol. The Hall–Kier alpha value is -6.64. The Bertz CT molecular complexity index is 2870. The van der Waals surface area contributed by atoms with E-state index in [1.165, 1.54) is 54.6 Å². The Morgan fingerprint density at radius 3 is 1.82 bits per heavy atom. The first kappa shape index (κ1) is 28.4. The zero-order valence-electron chi connectivity index (χ0n) is 27.3. The second-order valence-electron chi connectivity index (χ2n) is 12.9. The van der Waals surface area contributed by atoms with Crippen molar-refractivity contribution < 1.29 is 4.42 Å². The van der Waals surface area contributed by atoms with Gasteiger partial charge in [-0.05, 0) is 103 Å². The second-order valence-corrected chi connectivity index (χ2v) is 12.9. The van der Waals surface area contributed by atoms with E-state index in [2.05, 4.69) is 181 Å². The van der Waals surface area contributed by atoms with Gasteiger partial charge in [0.1, 0.15) is 11.2 Å². The molecule has 2 heteroatoms. The van der Waals surface area contributed by atoms with Gasteiger partial charge in [0.2, 0.25) is 0 Å². The summed E-state index contributed by atoms with van der Waals surface area (Å²) in [5.74, 6) is 0. The predicted molar refractivity (Wildman–Crippen MR) is 212 cm³/mol. The summed E-state index contributed by atoms with van der Waals surface area (Å²) in [6.45, 7) is 0. The first-order valence-corrected chi connectivity index (χ1v) is 17.1. The number of rotatable bonds is 5. The lowest BCUT2D eigenvalue weighted by atomic mass is 9.90. The predicted octanol–water partition coefficient (Wildman–Crippen LogP) is 13.8. The summed E-state index contributed by atoms with van der Waals surface area (Å²) in [4.78, 5) is 2.33. The molecule has 234 valence electrons. The lowest BCUT2D eigenvalue weighted by Crippen LogP contribution is -2.10. The van der Waals surface area contributed by atoms with Gasteiger partial charge in [-0.3, -0.25) is 0 Å². The molecule has 0 bridgehead atoms. The van der Waals surface area contributed by atoms with Crippen LogP contribution >= 0.6 is 0 Å². The van der Waals surface area contributed by atoms with E-state index in [1.807, 2.05) is 12.1 Å². The number of anilines is 3. The molecule has 50 heavy (non-hydrogen) atoms.